The lowest BCUT2D eigenvalue weighted by molar-refractivity contribution is -0.105. The fourth-order valence-electron chi connectivity index (χ4n) is 4.81. The first-order chi connectivity index (χ1) is 12.1. The van der Waals surface area contributed by atoms with E-state index in [1.165, 1.54) is 18.4 Å². The van der Waals surface area contributed by atoms with Crippen molar-refractivity contribution in [2.24, 2.45) is 11.8 Å². The van der Waals surface area contributed by atoms with Gasteiger partial charge in [0.25, 0.3) is 0 Å². The van der Waals surface area contributed by atoms with Crippen molar-refractivity contribution in [2.75, 3.05) is 13.6 Å². The molecule has 2 saturated carbocycles. The quantitative estimate of drug-likeness (QED) is 0.886. The summed E-state index contributed by atoms with van der Waals surface area (Å²) in [6.07, 6.45) is 10.4. The van der Waals surface area contributed by atoms with Gasteiger partial charge in [0.1, 0.15) is 0 Å². The molecule has 0 amide bonds. The van der Waals surface area contributed by atoms with Crippen LogP contribution in [0.5, 0.6) is 0 Å². The van der Waals surface area contributed by atoms with Crippen molar-refractivity contribution in [3.8, 4) is 0 Å². The molecule has 25 heavy (non-hydrogen) atoms. The maximum atomic E-state index is 11.4. The molecule has 2 aliphatic carbocycles. The molecule has 3 unspecified atom stereocenters. The van der Waals surface area contributed by atoms with Gasteiger partial charge >= 0.3 is 0 Å². The molecule has 0 aromatic heterocycles. The summed E-state index contributed by atoms with van der Waals surface area (Å²) in [5, 5.41) is 11.4. The molecule has 3 aliphatic rings. The van der Waals surface area contributed by atoms with Gasteiger partial charge in [0.15, 0.2) is 0 Å². The van der Waals surface area contributed by atoms with Crippen LogP contribution in [0.4, 0.5) is 0 Å². The summed E-state index contributed by atoms with van der Waals surface area (Å²) >= 11 is 0. The van der Waals surface area contributed by atoms with Gasteiger partial charge in [0.2, 0.25) is 0 Å². The zero-order valence-corrected chi connectivity index (χ0v) is 15.6. The first kappa shape index (κ1) is 17.1. The van der Waals surface area contributed by atoms with Crippen molar-refractivity contribution in [1.82, 2.24) is 9.80 Å². The van der Waals surface area contributed by atoms with Crippen LogP contribution in [0, 0.1) is 11.8 Å². The number of aliphatic hydroxyl groups is 1. The Kier molecular flexibility index (Phi) is 4.63. The van der Waals surface area contributed by atoms with Crippen molar-refractivity contribution in [3.05, 3.63) is 48.2 Å². The van der Waals surface area contributed by atoms with Crippen molar-refractivity contribution >= 4 is 0 Å². The van der Waals surface area contributed by atoms with E-state index in [0.29, 0.717) is 6.04 Å². The third-order valence-electron chi connectivity index (χ3n) is 6.84. The topological polar surface area (TPSA) is 26.7 Å². The Hall–Kier alpha value is -1.32. The van der Waals surface area contributed by atoms with Gasteiger partial charge in [-0.3, -0.25) is 4.90 Å². The fourth-order valence-corrected chi connectivity index (χ4v) is 4.81. The summed E-state index contributed by atoms with van der Waals surface area (Å²) in [6, 6.07) is 11.5. The molecule has 1 aliphatic heterocycles. The number of benzene rings is 1. The smallest absolute Gasteiger partial charge is 0.0910 e. The van der Waals surface area contributed by atoms with Crippen molar-refractivity contribution in [2.45, 2.75) is 63.3 Å². The predicted octanol–water partition coefficient (Wildman–Crippen LogP) is 3.65. The van der Waals surface area contributed by atoms with Gasteiger partial charge in [-0.2, -0.15) is 0 Å². The summed E-state index contributed by atoms with van der Waals surface area (Å²) in [5.74, 6) is 1.15. The monoisotopic (exact) mass is 340 g/mol. The second kappa shape index (κ2) is 6.77. The Morgan fingerprint density at radius 2 is 1.96 bits per heavy atom. The molecule has 1 heterocycles. The van der Waals surface area contributed by atoms with Gasteiger partial charge < -0.3 is 10.0 Å². The van der Waals surface area contributed by atoms with E-state index in [4.69, 9.17) is 0 Å². The number of fused-ring (bicyclic) bond motifs is 1. The minimum absolute atomic E-state index is 0.239. The Balaban J connectivity index is 1.42. The van der Waals surface area contributed by atoms with E-state index in [0.717, 1.165) is 38.3 Å². The zero-order chi connectivity index (χ0) is 17.4. The number of hydrogen-bond acceptors (Lipinski definition) is 3. The molecule has 0 bridgehead atoms. The van der Waals surface area contributed by atoms with Gasteiger partial charge in [-0.15, -0.1) is 0 Å². The predicted molar refractivity (Wildman–Crippen MR) is 102 cm³/mol. The summed E-state index contributed by atoms with van der Waals surface area (Å²) in [5.41, 5.74) is 0.822. The summed E-state index contributed by atoms with van der Waals surface area (Å²) in [7, 11) is 2.23. The van der Waals surface area contributed by atoms with Crippen LogP contribution in [0.2, 0.25) is 0 Å². The molecule has 3 heteroatoms. The second-order valence-electron chi connectivity index (χ2n) is 8.58. The second-order valence-corrected chi connectivity index (χ2v) is 8.58. The largest absolute Gasteiger partial charge is 0.387 e. The molecule has 2 fully saturated rings. The number of rotatable bonds is 5. The first-order valence-corrected chi connectivity index (χ1v) is 9.97. The lowest BCUT2D eigenvalue weighted by Crippen LogP contribution is -2.60. The van der Waals surface area contributed by atoms with E-state index in [2.05, 4.69) is 66.4 Å². The molecule has 4 rings (SSSR count). The van der Waals surface area contributed by atoms with E-state index in [-0.39, 0.29) is 12.0 Å². The fraction of sp³-hybridized carbons (Fsp3) is 0.636. The highest BCUT2D eigenvalue weighted by Crippen LogP contribution is 2.44. The summed E-state index contributed by atoms with van der Waals surface area (Å²) in [4.78, 5) is 4.88. The van der Waals surface area contributed by atoms with Crippen molar-refractivity contribution < 1.29 is 5.11 Å². The molecule has 1 N–H and O–H groups in total. The zero-order valence-electron chi connectivity index (χ0n) is 15.6. The number of nitrogens with zero attached hydrogens (tertiary/aromatic N) is 2. The summed E-state index contributed by atoms with van der Waals surface area (Å²) in [6.45, 7) is 4.35. The highest BCUT2D eigenvalue weighted by Gasteiger charge is 2.49. The van der Waals surface area contributed by atoms with E-state index < -0.39 is 5.60 Å². The highest BCUT2D eigenvalue weighted by atomic mass is 16.3. The van der Waals surface area contributed by atoms with Crippen LogP contribution >= 0.6 is 0 Å². The normalized spacial score (nSPS) is 35.0. The third kappa shape index (κ3) is 3.50. The molecule has 1 aromatic carbocycles. The first-order valence-electron chi connectivity index (χ1n) is 9.97. The van der Waals surface area contributed by atoms with E-state index in [9.17, 15) is 5.11 Å². The van der Waals surface area contributed by atoms with Crippen LogP contribution < -0.4 is 0 Å². The van der Waals surface area contributed by atoms with Gasteiger partial charge in [0.05, 0.1) is 11.6 Å². The summed E-state index contributed by atoms with van der Waals surface area (Å²) < 4.78 is 0. The highest BCUT2D eigenvalue weighted by molar-refractivity contribution is 5.16. The minimum atomic E-state index is -0.548. The van der Waals surface area contributed by atoms with Crippen LogP contribution in [0.1, 0.15) is 44.6 Å². The molecule has 3 nitrogen and oxygen atoms in total. The molecular formula is C22H32N2O. The molecule has 1 aromatic rings. The van der Waals surface area contributed by atoms with Gasteiger partial charge in [-0.1, -0.05) is 36.4 Å². The molecule has 0 spiro atoms. The van der Waals surface area contributed by atoms with Gasteiger partial charge in [0, 0.05) is 25.0 Å². The average Bonchev–Trinajstić information content (AvgIpc) is 3.43. The van der Waals surface area contributed by atoms with E-state index >= 15 is 0 Å². The Morgan fingerprint density at radius 3 is 2.68 bits per heavy atom. The minimum Gasteiger partial charge on any atom is -0.387 e. The third-order valence-corrected chi connectivity index (χ3v) is 6.84. The van der Waals surface area contributed by atoms with Crippen LogP contribution in [0.3, 0.4) is 0 Å². The van der Waals surface area contributed by atoms with Crippen LogP contribution in [-0.4, -0.2) is 46.2 Å². The van der Waals surface area contributed by atoms with Gasteiger partial charge in [-0.05, 0) is 63.8 Å². The SMILES string of the molecule is C[C@H]1N(CC2CC2)C=CC2CC(N(C)Cc3ccccc3)CCC21O. The molecular weight excluding hydrogens is 308 g/mol. The Morgan fingerprint density at radius 1 is 1.20 bits per heavy atom. The standard InChI is InChI=1S/C22H32N2O/c1-17-22(25)12-10-21(23(2)15-18-6-4-3-5-7-18)14-20(22)11-13-24(17)16-19-8-9-19/h3-7,11,13,17,19-21,25H,8-10,12,14-16H2,1-2H3/t17-,20?,21?,22?/m1/s1. The van der Waals surface area contributed by atoms with E-state index in [1.807, 2.05) is 0 Å². The van der Waals surface area contributed by atoms with Crippen molar-refractivity contribution in [1.29, 1.82) is 0 Å². The van der Waals surface area contributed by atoms with Crippen molar-refractivity contribution in [3.63, 3.8) is 0 Å². The van der Waals surface area contributed by atoms with E-state index in [1.54, 1.807) is 0 Å². The van der Waals surface area contributed by atoms with Gasteiger partial charge in [-0.25, -0.2) is 0 Å². The maximum Gasteiger partial charge on any atom is 0.0910 e. The van der Waals surface area contributed by atoms with Crippen LogP contribution in [-0.2, 0) is 6.54 Å². The lowest BCUT2D eigenvalue weighted by Gasteiger charge is -2.52. The van der Waals surface area contributed by atoms with Crippen LogP contribution in [0.15, 0.2) is 42.6 Å². The molecule has 0 radical (unpaired) electrons. The van der Waals surface area contributed by atoms with Crippen LogP contribution in [0.25, 0.3) is 0 Å². The molecule has 136 valence electrons. The Bertz CT molecular complexity index is 612. The molecule has 4 atom stereocenters. The Labute approximate surface area is 152 Å². The lowest BCUT2D eigenvalue weighted by atomic mass is 9.68. The average molecular weight is 341 g/mol. The maximum absolute atomic E-state index is 11.4. The number of hydrogen-bond donors (Lipinski definition) is 1. The molecule has 0 saturated heterocycles.